The first-order valence-corrected chi connectivity index (χ1v) is 8.88. The summed E-state index contributed by atoms with van der Waals surface area (Å²) in [6, 6.07) is 0. The van der Waals surface area contributed by atoms with Crippen molar-refractivity contribution in [3.8, 4) is 0 Å². The minimum absolute atomic E-state index is 0. The van der Waals surface area contributed by atoms with Crippen LogP contribution in [0.3, 0.4) is 0 Å². The van der Waals surface area contributed by atoms with Gasteiger partial charge in [0, 0.05) is 39.6 Å². The Morgan fingerprint density at radius 3 is 2.30 bits per heavy atom. The van der Waals surface area contributed by atoms with Crippen LogP contribution in [0.15, 0.2) is 4.99 Å². The maximum Gasteiger partial charge on any atom is 0.220 e. The van der Waals surface area contributed by atoms with E-state index in [4.69, 9.17) is 4.99 Å². The zero-order valence-electron chi connectivity index (χ0n) is 15.2. The molecule has 0 saturated carbocycles. The van der Waals surface area contributed by atoms with Crippen molar-refractivity contribution in [2.24, 2.45) is 16.8 Å². The molecule has 5 nitrogen and oxygen atoms in total. The van der Waals surface area contributed by atoms with Gasteiger partial charge < -0.3 is 15.5 Å². The van der Waals surface area contributed by atoms with Crippen LogP contribution in [0.4, 0.5) is 0 Å². The molecule has 2 N–H and O–H groups in total. The van der Waals surface area contributed by atoms with Gasteiger partial charge in [-0.3, -0.25) is 9.79 Å². The molecule has 1 fully saturated rings. The lowest BCUT2D eigenvalue weighted by Gasteiger charge is -2.34. The number of carbonyl (C=O) groups is 1. The molecule has 0 spiro atoms. The molecule has 0 aromatic carbocycles. The predicted octanol–water partition coefficient (Wildman–Crippen LogP) is 2.85. The maximum atomic E-state index is 11.5. The summed E-state index contributed by atoms with van der Waals surface area (Å²) in [5, 5.41) is 6.14. The van der Waals surface area contributed by atoms with Crippen LogP contribution in [-0.2, 0) is 4.79 Å². The Bertz CT molecular complexity index is 351. The lowest BCUT2D eigenvalue weighted by Crippen LogP contribution is -2.46. The number of aliphatic imine (C=N–C) groups is 1. The number of halogens is 1. The van der Waals surface area contributed by atoms with Gasteiger partial charge in [0.2, 0.25) is 5.91 Å². The maximum absolute atomic E-state index is 11.5. The molecule has 0 aromatic heterocycles. The van der Waals surface area contributed by atoms with E-state index in [0.29, 0.717) is 18.3 Å². The second-order valence-electron chi connectivity index (χ2n) is 6.18. The van der Waals surface area contributed by atoms with Crippen LogP contribution in [0, 0.1) is 11.8 Å². The first kappa shape index (κ1) is 22.5. The van der Waals surface area contributed by atoms with Crippen molar-refractivity contribution in [1.82, 2.24) is 15.5 Å². The summed E-state index contributed by atoms with van der Waals surface area (Å²) in [6.45, 7) is 10.4. The zero-order chi connectivity index (χ0) is 16.4. The van der Waals surface area contributed by atoms with Gasteiger partial charge >= 0.3 is 0 Å². The van der Waals surface area contributed by atoms with Gasteiger partial charge in [0.25, 0.3) is 0 Å². The molecule has 1 amide bonds. The third-order valence-electron chi connectivity index (χ3n) is 4.66. The van der Waals surface area contributed by atoms with Crippen LogP contribution < -0.4 is 10.6 Å². The number of nitrogens with zero attached hydrogens (tertiary/aromatic N) is 2. The topological polar surface area (TPSA) is 56.7 Å². The molecule has 0 aliphatic carbocycles. The third-order valence-corrected chi connectivity index (χ3v) is 4.66. The molecule has 1 aliphatic heterocycles. The van der Waals surface area contributed by atoms with Crippen molar-refractivity contribution in [1.29, 1.82) is 0 Å². The molecule has 23 heavy (non-hydrogen) atoms. The molecule has 0 atom stereocenters. The fourth-order valence-corrected chi connectivity index (χ4v) is 2.90. The summed E-state index contributed by atoms with van der Waals surface area (Å²) in [7, 11) is 1.71. The Morgan fingerprint density at radius 2 is 1.83 bits per heavy atom. The van der Waals surface area contributed by atoms with E-state index in [0.717, 1.165) is 45.0 Å². The smallest absolute Gasteiger partial charge is 0.220 e. The summed E-state index contributed by atoms with van der Waals surface area (Å²) in [6.07, 6.45) is 5.18. The van der Waals surface area contributed by atoms with Crippen LogP contribution in [-0.4, -0.2) is 50.0 Å². The quantitative estimate of drug-likeness (QED) is 0.365. The molecular weight excluding hydrogens is 403 g/mol. The predicted molar refractivity (Wildman–Crippen MR) is 108 cm³/mol. The van der Waals surface area contributed by atoms with Crippen molar-refractivity contribution in [2.45, 2.75) is 52.9 Å². The van der Waals surface area contributed by atoms with E-state index in [1.54, 1.807) is 7.05 Å². The second-order valence-corrected chi connectivity index (χ2v) is 6.18. The number of piperidine rings is 1. The number of rotatable bonds is 7. The van der Waals surface area contributed by atoms with Gasteiger partial charge in [-0.2, -0.15) is 0 Å². The summed E-state index contributed by atoms with van der Waals surface area (Å²) in [5.74, 6) is 2.40. The van der Waals surface area contributed by atoms with Crippen molar-refractivity contribution in [2.75, 3.05) is 33.2 Å². The zero-order valence-corrected chi connectivity index (χ0v) is 17.6. The molecule has 0 aromatic rings. The highest BCUT2D eigenvalue weighted by atomic mass is 127. The summed E-state index contributed by atoms with van der Waals surface area (Å²) in [4.78, 5) is 18.7. The minimum Gasteiger partial charge on any atom is -0.359 e. The second kappa shape index (κ2) is 12.8. The molecule has 1 saturated heterocycles. The molecule has 6 heteroatoms. The van der Waals surface area contributed by atoms with E-state index < -0.39 is 0 Å². The van der Waals surface area contributed by atoms with Crippen LogP contribution in [0.25, 0.3) is 0 Å². The van der Waals surface area contributed by atoms with Gasteiger partial charge in [0.1, 0.15) is 0 Å². The number of carbonyl (C=O) groups excluding carboxylic acids is 1. The van der Waals surface area contributed by atoms with Gasteiger partial charge in [0.05, 0.1) is 0 Å². The molecule has 0 unspecified atom stereocenters. The molecule has 1 heterocycles. The number of nitrogens with one attached hydrogen (secondary N) is 2. The first-order chi connectivity index (χ1) is 10.6. The lowest BCUT2D eigenvalue weighted by atomic mass is 9.93. The highest BCUT2D eigenvalue weighted by Gasteiger charge is 2.23. The standard InChI is InChI=1S/C17H34N4O.HI/c1-5-14(6-2)13-20-17(19-7-3)21-10-8-15(9-11-21)12-16(22)18-4;/h14-15H,5-13H2,1-4H3,(H,18,22)(H,19,20);1H. The van der Waals surface area contributed by atoms with Crippen molar-refractivity contribution >= 4 is 35.8 Å². The number of hydrogen-bond acceptors (Lipinski definition) is 2. The van der Waals surface area contributed by atoms with E-state index in [2.05, 4.69) is 36.3 Å². The average molecular weight is 438 g/mol. The average Bonchev–Trinajstić information content (AvgIpc) is 2.55. The fraction of sp³-hybridized carbons (Fsp3) is 0.882. The highest BCUT2D eigenvalue weighted by Crippen LogP contribution is 2.20. The number of hydrogen-bond donors (Lipinski definition) is 2. The SMILES string of the molecule is CCNC(=NCC(CC)CC)N1CCC(CC(=O)NC)CC1.I. The number of likely N-dealkylation sites (tertiary alicyclic amines) is 1. The van der Waals surface area contributed by atoms with Gasteiger partial charge in [-0.25, -0.2) is 0 Å². The van der Waals surface area contributed by atoms with Crippen LogP contribution in [0.2, 0.25) is 0 Å². The highest BCUT2D eigenvalue weighted by molar-refractivity contribution is 14.0. The molecule has 0 bridgehead atoms. The van der Waals surface area contributed by atoms with Crippen molar-refractivity contribution < 1.29 is 4.79 Å². The van der Waals surface area contributed by atoms with Gasteiger partial charge in [0.15, 0.2) is 5.96 Å². The molecule has 1 aliphatic rings. The summed E-state index contributed by atoms with van der Waals surface area (Å²) < 4.78 is 0. The van der Waals surface area contributed by atoms with Crippen LogP contribution >= 0.6 is 24.0 Å². The largest absolute Gasteiger partial charge is 0.359 e. The Morgan fingerprint density at radius 1 is 1.22 bits per heavy atom. The van der Waals surface area contributed by atoms with Gasteiger partial charge in [-0.05, 0) is 31.6 Å². The Balaban J connectivity index is 0.00000484. The van der Waals surface area contributed by atoms with E-state index >= 15 is 0 Å². The Kier molecular flexibility index (Phi) is 12.5. The monoisotopic (exact) mass is 438 g/mol. The van der Waals surface area contributed by atoms with Crippen LogP contribution in [0.1, 0.15) is 52.9 Å². The van der Waals surface area contributed by atoms with Gasteiger partial charge in [-0.1, -0.05) is 26.7 Å². The minimum atomic E-state index is 0. The third kappa shape index (κ3) is 8.22. The number of guanidine groups is 1. The fourth-order valence-electron chi connectivity index (χ4n) is 2.90. The molecule has 0 radical (unpaired) electrons. The van der Waals surface area contributed by atoms with Crippen molar-refractivity contribution in [3.63, 3.8) is 0 Å². The van der Waals surface area contributed by atoms with Crippen molar-refractivity contribution in [3.05, 3.63) is 0 Å². The van der Waals surface area contributed by atoms with E-state index in [9.17, 15) is 4.79 Å². The van der Waals surface area contributed by atoms with E-state index in [1.165, 1.54) is 12.8 Å². The van der Waals surface area contributed by atoms with Crippen LogP contribution in [0.5, 0.6) is 0 Å². The molecule has 136 valence electrons. The molecular formula is C17H35IN4O. The Labute approximate surface area is 159 Å². The summed E-state index contributed by atoms with van der Waals surface area (Å²) >= 11 is 0. The molecule has 1 rings (SSSR count). The normalized spacial score (nSPS) is 16.2. The van der Waals surface area contributed by atoms with E-state index in [-0.39, 0.29) is 29.9 Å². The number of amides is 1. The summed E-state index contributed by atoms with van der Waals surface area (Å²) in [5.41, 5.74) is 0. The first-order valence-electron chi connectivity index (χ1n) is 8.88. The van der Waals surface area contributed by atoms with Gasteiger partial charge in [-0.15, -0.1) is 24.0 Å². The van der Waals surface area contributed by atoms with E-state index in [1.807, 2.05) is 0 Å². The lowest BCUT2D eigenvalue weighted by molar-refractivity contribution is -0.121. The Hall–Kier alpha value is -0.530.